The van der Waals surface area contributed by atoms with Gasteiger partial charge >= 0.3 is 0 Å². The predicted molar refractivity (Wildman–Crippen MR) is 108 cm³/mol. The molecule has 2 aromatic carbocycles. The van der Waals surface area contributed by atoms with Crippen LogP contribution >= 0.6 is 0 Å². The molecule has 1 aromatic heterocycles. The summed E-state index contributed by atoms with van der Waals surface area (Å²) >= 11 is 0. The van der Waals surface area contributed by atoms with Crippen molar-refractivity contribution in [2.24, 2.45) is 0 Å². The Kier molecular flexibility index (Phi) is 6.01. The number of amides is 2. The highest BCUT2D eigenvalue weighted by Crippen LogP contribution is 2.17. The van der Waals surface area contributed by atoms with Gasteiger partial charge in [0.1, 0.15) is 5.75 Å². The third-order valence-corrected chi connectivity index (χ3v) is 4.29. The summed E-state index contributed by atoms with van der Waals surface area (Å²) in [4.78, 5) is 29.0. The van der Waals surface area contributed by atoms with Crippen LogP contribution in [0.1, 0.15) is 31.8 Å². The minimum absolute atomic E-state index is 0.285. The van der Waals surface area contributed by atoms with Gasteiger partial charge in [-0.15, -0.1) is 0 Å². The van der Waals surface area contributed by atoms with E-state index in [2.05, 4.69) is 15.6 Å². The molecule has 28 heavy (non-hydrogen) atoms. The van der Waals surface area contributed by atoms with Crippen molar-refractivity contribution in [3.63, 3.8) is 0 Å². The topological polar surface area (TPSA) is 80.3 Å². The molecule has 0 spiro atoms. The maximum atomic E-state index is 12.5. The third-order valence-electron chi connectivity index (χ3n) is 4.29. The molecule has 0 saturated carbocycles. The van der Waals surface area contributed by atoms with Crippen molar-refractivity contribution in [1.29, 1.82) is 0 Å². The number of anilines is 1. The lowest BCUT2D eigenvalue weighted by Gasteiger charge is -2.09. The molecule has 2 N–H and O–H groups in total. The van der Waals surface area contributed by atoms with Crippen molar-refractivity contribution < 1.29 is 14.3 Å². The molecule has 0 aliphatic carbocycles. The van der Waals surface area contributed by atoms with Gasteiger partial charge in [-0.05, 0) is 36.2 Å². The summed E-state index contributed by atoms with van der Waals surface area (Å²) in [5.74, 6) is 0.00125. The van der Waals surface area contributed by atoms with E-state index in [0.717, 1.165) is 11.1 Å². The number of nitrogens with zero attached hydrogens (tertiary/aromatic N) is 1. The zero-order chi connectivity index (χ0) is 19.9. The molecular weight excluding hydrogens is 354 g/mol. The summed E-state index contributed by atoms with van der Waals surface area (Å²) in [5.41, 5.74) is 3.36. The van der Waals surface area contributed by atoms with Crippen LogP contribution in [0.25, 0.3) is 0 Å². The molecule has 6 nitrogen and oxygen atoms in total. The second-order valence-corrected chi connectivity index (χ2v) is 6.26. The van der Waals surface area contributed by atoms with Gasteiger partial charge in [-0.2, -0.15) is 0 Å². The molecule has 6 heteroatoms. The smallest absolute Gasteiger partial charge is 0.257 e. The summed E-state index contributed by atoms with van der Waals surface area (Å²) in [6.07, 6.45) is 2.86. The monoisotopic (exact) mass is 375 g/mol. The number of hydrogen-bond donors (Lipinski definition) is 2. The number of pyridine rings is 1. The van der Waals surface area contributed by atoms with Crippen LogP contribution in [0.15, 0.2) is 67.0 Å². The van der Waals surface area contributed by atoms with Crippen LogP contribution in [0, 0.1) is 6.92 Å². The van der Waals surface area contributed by atoms with E-state index in [1.165, 1.54) is 18.5 Å². The van der Waals surface area contributed by atoms with Gasteiger partial charge in [0.15, 0.2) is 0 Å². The maximum Gasteiger partial charge on any atom is 0.257 e. The SMILES string of the molecule is COc1cccc(NC(=O)c2cncc(C(=O)NCc3ccccc3C)c2)c1. The van der Waals surface area contributed by atoms with Crippen molar-refractivity contribution in [2.45, 2.75) is 13.5 Å². The van der Waals surface area contributed by atoms with Gasteiger partial charge in [0.05, 0.1) is 18.2 Å². The highest BCUT2D eigenvalue weighted by Gasteiger charge is 2.12. The van der Waals surface area contributed by atoms with Crippen LogP contribution in [0.2, 0.25) is 0 Å². The van der Waals surface area contributed by atoms with Gasteiger partial charge in [0, 0.05) is 30.7 Å². The molecule has 0 aliphatic rings. The number of aryl methyl sites for hydroxylation is 1. The fourth-order valence-electron chi connectivity index (χ4n) is 2.68. The van der Waals surface area contributed by atoms with E-state index in [0.29, 0.717) is 29.1 Å². The highest BCUT2D eigenvalue weighted by molar-refractivity contribution is 6.05. The number of carbonyl (C=O) groups is 2. The fourth-order valence-corrected chi connectivity index (χ4v) is 2.68. The molecule has 0 unspecified atom stereocenters. The van der Waals surface area contributed by atoms with Crippen LogP contribution in [-0.2, 0) is 6.54 Å². The van der Waals surface area contributed by atoms with Crippen LogP contribution in [0.4, 0.5) is 5.69 Å². The number of benzene rings is 2. The van der Waals surface area contributed by atoms with Crippen LogP contribution in [-0.4, -0.2) is 23.9 Å². The predicted octanol–water partition coefficient (Wildman–Crippen LogP) is 3.58. The fraction of sp³-hybridized carbons (Fsp3) is 0.136. The molecule has 142 valence electrons. The Morgan fingerprint density at radius 1 is 0.964 bits per heavy atom. The van der Waals surface area contributed by atoms with Crippen molar-refractivity contribution in [1.82, 2.24) is 10.3 Å². The van der Waals surface area contributed by atoms with Gasteiger partial charge < -0.3 is 15.4 Å². The number of carbonyl (C=O) groups excluding carboxylic acids is 2. The van der Waals surface area contributed by atoms with E-state index in [-0.39, 0.29) is 11.8 Å². The lowest BCUT2D eigenvalue weighted by molar-refractivity contribution is 0.0950. The second kappa shape index (κ2) is 8.81. The Labute approximate surface area is 163 Å². The van der Waals surface area contributed by atoms with Gasteiger partial charge in [-0.25, -0.2) is 0 Å². The minimum atomic E-state index is -0.352. The number of nitrogens with one attached hydrogen (secondary N) is 2. The van der Waals surface area contributed by atoms with Crippen molar-refractivity contribution in [2.75, 3.05) is 12.4 Å². The molecule has 3 rings (SSSR count). The van der Waals surface area contributed by atoms with Crippen LogP contribution in [0.3, 0.4) is 0 Å². The molecule has 0 radical (unpaired) electrons. The Balaban J connectivity index is 1.68. The van der Waals surface area contributed by atoms with Gasteiger partial charge in [-0.3, -0.25) is 14.6 Å². The van der Waals surface area contributed by atoms with Gasteiger partial charge in [0.2, 0.25) is 0 Å². The lowest BCUT2D eigenvalue weighted by Crippen LogP contribution is -2.24. The first-order chi connectivity index (χ1) is 13.6. The van der Waals surface area contributed by atoms with E-state index in [9.17, 15) is 9.59 Å². The molecule has 0 fully saturated rings. The molecule has 3 aromatic rings. The number of aromatic nitrogens is 1. The summed E-state index contributed by atoms with van der Waals surface area (Å²) in [5, 5.41) is 5.63. The first-order valence-corrected chi connectivity index (χ1v) is 8.80. The number of methoxy groups -OCH3 is 1. The Morgan fingerprint density at radius 2 is 1.71 bits per heavy atom. The second-order valence-electron chi connectivity index (χ2n) is 6.26. The van der Waals surface area contributed by atoms with Gasteiger partial charge in [0.25, 0.3) is 11.8 Å². The zero-order valence-corrected chi connectivity index (χ0v) is 15.7. The normalized spacial score (nSPS) is 10.2. The largest absolute Gasteiger partial charge is 0.497 e. The summed E-state index contributed by atoms with van der Waals surface area (Å²) < 4.78 is 5.15. The van der Waals surface area contributed by atoms with Crippen molar-refractivity contribution >= 4 is 17.5 Å². The first kappa shape index (κ1) is 19.1. The van der Waals surface area contributed by atoms with Crippen LogP contribution < -0.4 is 15.4 Å². The molecule has 2 amide bonds. The van der Waals surface area contributed by atoms with E-state index < -0.39 is 0 Å². The molecule has 0 saturated heterocycles. The molecule has 1 heterocycles. The Hall–Kier alpha value is -3.67. The average Bonchev–Trinajstić information content (AvgIpc) is 2.73. The third kappa shape index (κ3) is 4.73. The lowest BCUT2D eigenvalue weighted by atomic mass is 10.1. The van der Waals surface area contributed by atoms with E-state index in [1.54, 1.807) is 31.4 Å². The van der Waals surface area contributed by atoms with E-state index in [4.69, 9.17) is 4.74 Å². The Morgan fingerprint density at radius 3 is 2.46 bits per heavy atom. The quantitative estimate of drug-likeness (QED) is 0.690. The summed E-state index contributed by atoms with van der Waals surface area (Å²) in [6.45, 7) is 2.40. The summed E-state index contributed by atoms with van der Waals surface area (Å²) in [7, 11) is 1.56. The molecule has 0 aliphatic heterocycles. The number of ether oxygens (including phenoxy) is 1. The first-order valence-electron chi connectivity index (χ1n) is 8.80. The highest BCUT2D eigenvalue weighted by atomic mass is 16.5. The van der Waals surface area contributed by atoms with Crippen LogP contribution in [0.5, 0.6) is 5.75 Å². The standard InChI is InChI=1S/C22H21N3O3/c1-15-6-3-4-7-16(15)14-24-21(26)17-10-18(13-23-12-17)22(27)25-19-8-5-9-20(11-19)28-2/h3-13H,14H2,1-2H3,(H,24,26)(H,25,27). The average molecular weight is 375 g/mol. The van der Waals surface area contributed by atoms with E-state index in [1.807, 2.05) is 31.2 Å². The minimum Gasteiger partial charge on any atom is -0.497 e. The van der Waals surface area contributed by atoms with E-state index >= 15 is 0 Å². The molecule has 0 atom stereocenters. The zero-order valence-electron chi connectivity index (χ0n) is 15.7. The number of hydrogen-bond acceptors (Lipinski definition) is 4. The maximum absolute atomic E-state index is 12.5. The molecule has 0 bridgehead atoms. The van der Waals surface area contributed by atoms with Gasteiger partial charge in [-0.1, -0.05) is 30.3 Å². The number of rotatable bonds is 6. The molecular formula is C22H21N3O3. The van der Waals surface area contributed by atoms with Crippen molar-refractivity contribution in [3.05, 3.63) is 89.2 Å². The Bertz CT molecular complexity index is 1000. The van der Waals surface area contributed by atoms with Crippen molar-refractivity contribution in [3.8, 4) is 5.75 Å². The summed E-state index contributed by atoms with van der Waals surface area (Å²) in [6, 6.07) is 16.4.